The van der Waals surface area contributed by atoms with Gasteiger partial charge in [0.05, 0.1) is 12.2 Å². The lowest BCUT2D eigenvalue weighted by Crippen LogP contribution is -2.09. The summed E-state index contributed by atoms with van der Waals surface area (Å²) in [4.78, 5) is 0. The molecule has 0 bridgehead atoms. The van der Waals surface area contributed by atoms with Crippen LogP contribution in [0.4, 0.5) is 0 Å². The molecule has 0 atom stereocenters. The minimum atomic E-state index is 0.0113. The molecule has 0 fully saturated rings. The Morgan fingerprint density at radius 2 is 2.00 bits per heavy atom. The smallest absolute Gasteiger partial charge is 0.251 e. The fourth-order valence-electron chi connectivity index (χ4n) is 1.52. The largest absolute Gasteiger partial charge is 0.491 e. The average molecular weight is 183 g/mol. The summed E-state index contributed by atoms with van der Waals surface area (Å²) in [5, 5.41) is 16.5. The first-order valence-corrected chi connectivity index (χ1v) is 4.88. The lowest BCUT2D eigenvalue weighted by atomic mass is 10.1. The molecule has 0 saturated carbocycles. The molecular formula is C9H17N3O. The van der Waals surface area contributed by atoms with Gasteiger partial charge in [-0.2, -0.15) is 0 Å². The molecule has 4 heteroatoms. The fourth-order valence-corrected chi connectivity index (χ4v) is 1.52. The topological polar surface area (TPSA) is 50.9 Å². The van der Waals surface area contributed by atoms with E-state index in [2.05, 4.69) is 24.2 Å². The average Bonchev–Trinajstić information content (AvgIpc) is 2.51. The summed E-state index contributed by atoms with van der Waals surface area (Å²) in [6.07, 6.45) is 6.04. The molecule has 13 heavy (non-hydrogen) atoms. The van der Waals surface area contributed by atoms with Crippen molar-refractivity contribution in [2.45, 2.75) is 45.6 Å². The standard InChI is InChI=1S/C9H17N3O/c1-3-5-8(6-4-2)12-7-9(13)10-11-12/h7-8,13H,3-6H2,1-2H3. The first kappa shape index (κ1) is 10.0. The van der Waals surface area contributed by atoms with Gasteiger partial charge < -0.3 is 5.11 Å². The van der Waals surface area contributed by atoms with E-state index in [1.54, 1.807) is 10.9 Å². The zero-order chi connectivity index (χ0) is 9.68. The Morgan fingerprint density at radius 3 is 2.38 bits per heavy atom. The first-order chi connectivity index (χ1) is 6.27. The molecule has 0 aliphatic rings. The molecule has 0 spiro atoms. The second-order valence-corrected chi connectivity index (χ2v) is 3.29. The molecule has 1 rings (SSSR count). The van der Waals surface area contributed by atoms with E-state index < -0.39 is 0 Å². The molecule has 0 unspecified atom stereocenters. The highest BCUT2D eigenvalue weighted by molar-refractivity contribution is 4.96. The Hall–Kier alpha value is -1.06. The normalized spacial score (nSPS) is 11.0. The third kappa shape index (κ3) is 2.72. The second-order valence-electron chi connectivity index (χ2n) is 3.29. The van der Waals surface area contributed by atoms with Crippen LogP contribution in [-0.2, 0) is 0 Å². The maximum absolute atomic E-state index is 9.04. The van der Waals surface area contributed by atoms with Gasteiger partial charge in [-0.1, -0.05) is 37.0 Å². The fraction of sp³-hybridized carbons (Fsp3) is 0.778. The molecule has 0 aliphatic carbocycles. The molecule has 74 valence electrons. The number of hydrogen-bond donors (Lipinski definition) is 1. The molecule has 1 N–H and O–H groups in total. The summed E-state index contributed by atoms with van der Waals surface area (Å²) >= 11 is 0. The Labute approximate surface area is 78.6 Å². The van der Waals surface area contributed by atoms with Crippen LogP contribution in [-0.4, -0.2) is 20.1 Å². The van der Waals surface area contributed by atoms with E-state index in [0.29, 0.717) is 6.04 Å². The molecule has 1 aromatic heterocycles. The summed E-state index contributed by atoms with van der Waals surface area (Å²) in [7, 11) is 0. The molecule has 4 nitrogen and oxygen atoms in total. The van der Waals surface area contributed by atoms with Gasteiger partial charge >= 0.3 is 0 Å². The van der Waals surface area contributed by atoms with Crippen LogP contribution >= 0.6 is 0 Å². The van der Waals surface area contributed by atoms with Crippen molar-refractivity contribution in [1.29, 1.82) is 0 Å². The summed E-state index contributed by atoms with van der Waals surface area (Å²) in [6, 6.07) is 0.392. The van der Waals surface area contributed by atoms with E-state index in [1.807, 2.05) is 0 Å². The van der Waals surface area contributed by atoms with Crippen molar-refractivity contribution in [1.82, 2.24) is 15.0 Å². The maximum Gasteiger partial charge on any atom is 0.251 e. The molecule has 0 saturated heterocycles. The van der Waals surface area contributed by atoms with Crippen LogP contribution in [0, 0.1) is 0 Å². The lowest BCUT2D eigenvalue weighted by Gasteiger charge is -2.14. The van der Waals surface area contributed by atoms with E-state index in [-0.39, 0.29) is 5.88 Å². The number of rotatable bonds is 5. The summed E-state index contributed by atoms with van der Waals surface area (Å²) in [5.74, 6) is 0.0113. The molecule has 1 heterocycles. The Kier molecular flexibility index (Phi) is 3.73. The van der Waals surface area contributed by atoms with Crippen molar-refractivity contribution in [2.75, 3.05) is 0 Å². The van der Waals surface area contributed by atoms with Crippen LogP contribution in [0.1, 0.15) is 45.6 Å². The summed E-state index contributed by atoms with van der Waals surface area (Å²) in [6.45, 7) is 4.30. The van der Waals surface area contributed by atoms with Crippen LogP contribution in [0.5, 0.6) is 5.88 Å². The van der Waals surface area contributed by atoms with Crippen molar-refractivity contribution < 1.29 is 5.11 Å². The Morgan fingerprint density at radius 1 is 1.38 bits per heavy atom. The molecule has 0 radical (unpaired) electrons. The minimum absolute atomic E-state index is 0.0113. The van der Waals surface area contributed by atoms with Crippen LogP contribution in [0.3, 0.4) is 0 Å². The van der Waals surface area contributed by atoms with Crippen LogP contribution in [0.25, 0.3) is 0 Å². The maximum atomic E-state index is 9.04. The van der Waals surface area contributed by atoms with Gasteiger partial charge in [-0.15, -0.1) is 0 Å². The van der Waals surface area contributed by atoms with E-state index in [0.717, 1.165) is 25.7 Å². The zero-order valence-corrected chi connectivity index (χ0v) is 8.27. The highest BCUT2D eigenvalue weighted by Crippen LogP contribution is 2.19. The van der Waals surface area contributed by atoms with Crippen LogP contribution in [0.2, 0.25) is 0 Å². The Balaban J connectivity index is 2.63. The van der Waals surface area contributed by atoms with Gasteiger partial charge in [-0.25, -0.2) is 4.68 Å². The van der Waals surface area contributed by atoms with Gasteiger partial charge in [0.2, 0.25) is 0 Å². The van der Waals surface area contributed by atoms with Gasteiger partial charge in [0.15, 0.2) is 0 Å². The van der Waals surface area contributed by atoms with Crippen molar-refractivity contribution in [3.05, 3.63) is 6.20 Å². The molecular weight excluding hydrogens is 166 g/mol. The molecule has 0 aromatic carbocycles. The molecule has 1 aromatic rings. The van der Waals surface area contributed by atoms with Crippen molar-refractivity contribution >= 4 is 0 Å². The minimum Gasteiger partial charge on any atom is -0.491 e. The number of aromatic nitrogens is 3. The van der Waals surface area contributed by atoms with Crippen molar-refractivity contribution in [3.63, 3.8) is 0 Å². The third-order valence-corrected chi connectivity index (χ3v) is 2.12. The Bertz CT molecular complexity index is 241. The van der Waals surface area contributed by atoms with Gasteiger partial charge in [-0.05, 0) is 12.8 Å². The molecule has 0 aliphatic heterocycles. The highest BCUT2D eigenvalue weighted by atomic mass is 16.3. The highest BCUT2D eigenvalue weighted by Gasteiger charge is 2.10. The van der Waals surface area contributed by atoms with Crippen LogP contribution in [0.15, 0.2) is 6.20 Å². The van der Waals surface area contributed by atoms with Gasteiger partial charge in [0.25, 0.3) is 5.88 Å². The third-order valence-electron chi connectivity index (χ3n) is 2.12. The van der Waals surface area contributed by atoms with Crippen molar-refractivity contribution in [3.8, 4) is 5.88 Å². The van der Waals surface area contributed by atoms with Crippen molar-refractivity contribution in [2.24, 2.45) is 0 Å². The van der Waals surface area contributed by atoms with Gasteiger partial charge in [0, 0.05) is 0 Å². The monoisotopic (exact) mass is 183 g/mol. The number of nitrogens with zero attached hydrogens (tertiary/aromatic N) is 3. The van der Waals surface area contributed by atoms with E-state index in [9.17, 15) is 0 Å². The van der Waals surface area contributed by atoms with Gasteiger partial charge in [0.1, 0.15) is 0 Å². The van der Waals surface area contributed by atoms with E-state index >= 15 is 0 Å². The second kappa shape index (κ2) is 4.84. The van der Waals surface area contributed by atoms with E-state index in [4.69, 9.17) is 5.11 Å². The summed E-state index contributed by atoms with van der Waals surface area (Å²) < 4.78 is 1.77. The van der Waals surface area contributed by atoms with Gasteiger partial charge in [-0.3, -0.25) is 0 Å². The van der Waals surface area contributed by atoms with E-state index in [1.165, 1.54) is 0 Å². The SMILES string of the molecule is CCCC(CCC)n1cc(O)nn1. The lowest BCUT2D eigenvalue weighted by molar-refractivity contribution is 0.383. The zero-order valence-electron chi connectivity index (χ0n) is 8.27. The quantitative estimate of drug-likeness (QED) is 0.760. The first-order valence-electron chi connectivity index (χ1n) is 4.88. The number of hydrogen-bond acceptors (Lipinski definition) is 3. The predicted molar refractivity (Wildman–Crippen MR) is 50.5 cm³/mol. The predicted octanol–water partition coefficient (Wildman–Crippen LogP) is 2.13. The number of aromatic hydroxyl groups is 1. The molecule has 0 amide bonds. The van der Waals surface area contributed by atoms with Crippen LogP contribution < -0.4 is 0 Å². The summed E-state index contributed by atoms with van der Waals surface area (Å²) in [5.41, 5.74) is 0.